The van der Waals surface area contributed by atoms with E-state index >= 15 is 0 Å². The smallest absolute Gasteiger partial charge is 0.330 e. The van der Waals surface area contributed by atoms with Crippen molar-refractivity contribution in [3.63, 3.8) is 0 Å². The summed E-state index contributed by atoms with van der Waals surface area (Å²) in [7, 11) is 2.75. The molecule has 1 heterocycles. The van der Waals surface area contributed by atoms with Gasteiger partial charge in [0, 0.05) is 6.07 Å². The van der Waals surface area contributed by atoms with Gasteiger partial charge in [-0.15, -0.1) is 0 Å². The van der Waals surface area contributed by atoms with E-state index in [1.807, 2.05) is 0 Å². The van der Waals surface area contributed by atoms with Gasteiger partial charge >= 0.3 is 5.97 Å². The zero-order valence-electron chi connectivity index (χ0n) is 9.14. The predicted octanol–water partition coefficient (Wildman–Crippen LogP) is 0.0360. The third-order valence-corrected chi connectivity index (χ3v) is 1.92. The van der Waals surface area contributed by atoms with Crippen LogP contribution in [-0.2, 0) is 9.53 Å². The molecule has 0 bridgehead atoms. The van der Waals surface area contributed by atoms with Crippen molar-refractivity contribution in [1.29, 1.82) is 0 Å². The number of aliphatic hydroxyl groups is 1. The summed E-state index contributed by atoms with van der Waals surface area (Å²) in [6.07, 6.45) is 0. The number of carbonyl (C=O) groups is 1. The third kappa shape index (κ3) is 3.09. The summed E-state index contributed by atoms with van der Waals surface area (Å²) in [5.41, 5.74) is 0. The minimum atomic E-state index is -0.829. The topological polar surface area (TPSA) is 80.7 Å². The zero-order chi connectivity index (χ0) is 12.0. The molecule has 1 aromatic rings. The van der Waals surface area contributed by atoms with Crippen molar-refractivity contribution < 1.29 is 19.4 Å². The van der Waals surface area contributed by atoms with Crippen LogP contribution in [0.25, 0.3) is 0 Å². The molecule has 0 radical (unpaired) electrons. The highest BCUT2D eigenvalue weighted by atomic mass is 16.5. The molecule has 6 heteroatoms. The summed E-state index contributed by atoms with van der Waals surface area (Å²) in [5.74, 6) is 0.308. The van der Waals surface area contributed by atoms with Gasteiger partial charge in [-0.05, 0) is 6.07 Å². The molecule has 0 aliphatic carbocycles. The van der Waals surface area contributed by atoms with Gasteiger partial charge in [0.25, 0.3) is 0 Å². The van der Waals surface area contributed by atoms with Gasteiger partial charge < -0.3 is 19.9 Å². The fraction of sp³-hybridized carbons (Fsp3) is 0.400. The number of anilines is 1. The molecular weight excluding hydrogens is 212 g/mol. The van der Waals surface area contributed by atoms with Crippen molar-refractivity contribution in [2.24, 2.45) is 0 Å². The molecule has 1 rings (SSSR count). The first kappa shape index (κ1) is 12.3. The first-order valence-electron chi connectivity index (χ1n) is 4.67. The van der Waals surface area contributed by atoms with Crippen LogP contribution in [0.2, 0.25) is 0 Å². The van der Waals surface area contributed by atoms with Crippen LogP contribution in [0.5, 0.6) is 5.88 Å². The molecule has 0 amide bonds. The van der Waals surface area contributed by atoms with E-state index in [9.17, 15) is 4.79 Å². The average Bonchev–Trinajstić information content (AvgIpc) is 2.35. The van der Waals surface area contributed by atoms with Crippen molar-refractivity contribution >= 4 is 11.8 Å². The van der Waals surface area contributed by atoms with E-state index in [2.05, 4.69) is 15.0 Å². The number of pyridine rings is 1. The molecule has 16 heavy (non-hydrogen) atoms. The summed E-state index contributed by atoms with van der Waals surface area (Å²) in [4.78, 5) is 15.2. The highest BCUT2D eigenvalue weighted by Gasteiger charge is 2.18. The second-order valence-electron chi connectivity index (χ2n) is 2.97. The first-order valence-corrected chi connectivity index (χ1v) is 4.67. The van der Waals surface area contributed by atoms with Gasteiger partial charge in [-0.1, -0.05) is 6.07 Å². The van der Waals surface area contributed by atoms with Gasteiger partial charge in [0.2, 0.25) is 5.88 Å². The first-order chi connectivity index (χ1) is 7.71. The summed E-state index contributed by atoms with van der Waals surface area (Å²) in [5, 5.41) is 11.7. The Labute approximate surface area is 93.2 Å². The minimum Gasteiger partial charge on any atom is -0.481 e. The molecule has 2 N–H and O–H groups in total. The van der Waals surface area contributed by atoms with Gasteiger partial charge in [0.05, 0.1) is 20.8 Å². The lowest BCUT2D eigenvalue weighted by Gasteiger charge is -2.14. The molecule has 1 aromatic heterocycles. The molecule has 0 aromatic carbocycles. The molecule has 1 unspecified atom stereocenters. The molecule has 0 aliphatic rings. The Hall–Kier alpha value is -1.82. The van der Waals surface area contributed by atoms with Gasteiger partial charge in [-0.3, -0.25) is 0 Å². The summed E-state index contributed by atoms with van der Waals surface area (Å²) in [6.45, 7) is -0.369. The van der Waals surface area contributed by atoms with Gasteiger partial charge in [0.1, 0.15) is 11.9 Å². The van der Waals surface area contributed by atoms with E-state index in [0.717, 1.165) is 0 Å². The lowest BCUT2D eigenvalue weighted by Crippen LogP contribution is -2.34. The van der Waals surface area contributed by atoms with E-state index in [1.165, 1.54) is 14.2 Å². The Balaban J connectivity index is 2.73. The van der Waals surface area contributed by atoms with Crippen molar-refractivity contribution in [2.75, 3.05) is 26.1 Å². The van der Waals surface area contributed by atoms with Crippen LogP contribution in [-0.4, -0.2) is 42.9 Å². The largest absolute Gasteiger partial charge is 0.481 e. The van der Waals surface area contributed by atoms with Crippen LogP contribution in [0.3, 0.4) is 0 Å². The summed E-state index contributed by atoms with van der Waals surface area (Å²) >= 11 is 0. The van der Waals surface area contributed by atoms with Crippen molar-refractivity contribution in [3.8, 4) is 5.88 Å². The van der Waals surface area contributed by atoms with Crippen molar-refractivity contribution in [1.82, 2.24) is 4.98 Å². The van der Waals surface area contributed by atoms with E-state index < -0.39 is 12.0 Å². The maximum Gasteiger partial charge on any atom is 0.330 e. The third-order valence-electron chi connectivity index (χ3n) is 1.92. The maximum atomic E-state index is 11.2. The van der Waals surface area contributed by atoms with Crippen LogP contribution >= 0.6 is 0 Å². The van der Waals surface area contributed by atoms with Crippen LogP contribution in [0.15, 0.2) is 18.2 Å². The Morgan fingerprint density at radius 1 is 1.56 bits per heavy atom. The second kappa shape index (κ2) is 5.92. The Morgan fingerprint density at radius 3 is 2.88 bits per heavy atom. The Morgan fingerprint density at radius 2 is 2.31 bits per heavy atom. The normalized spacial score (nSPS) is 11.7. The standard InChI is InChI=1S/C10H14N2O4/c1-15-9-5-3-4-8(12-9)11-7(6-13)10(14)16-2/h3-5,7,13H,6H2,1-2H3,(H,11,12). The van der Waals surface area contributed by atoms with Crippen LogP contribution in [0.1, 0.15) is 0 Å². The molecular formula is C10H14N2O4. The van der Waals surface area contributed by atoms with Gasteiger partial charge in [-0.2, -0.15) is 4.98 Å². The monoisotopic (exact) mass is 226 g/mol. The average molecular weight is 226 g/mol. The number of carbonyl (C=O) groups excluding carboxylic acids is 1. The molecule has 0 fully saturated rings. The quantitative estimate of drug-likeness (QED) is 0.690. The molecule has 88 valence electrons. The summed E-state index contributed by atoms with van der Waals surface area (Å²) in [6, 6.07) is 4.23. The lowest BCUT2D eigenvalue weighted by molar-refractivity contribution is -0.142. The summed E-state index contributed by atoms with van der Waals surface area (Å²) < 4.78 is 9.44. The molecule has 0 spiro atoms. The van der Waals surface area contributed by atoms with E-state index in [0.29, 0.717) is 11.7 Å². The Kier molecular flexibility index (Phi) is 4.53. The number of rotatable bonds is 5. The molecule has 0 saturated heterocycles. The highest BCUT2D eigenvalue weighted by Crippen LogP contribution is 2.11. The SMILES string of the molecule is COC(=O)C(CO)Nc1cccc(OC)n1. The number of hydrogen-bond donors (Lipinski definition) is 2. The van der Waals surface area contributed by atoms with Crippen LogP contribution < -0.4 is 10.1 Å². The number of hydrogen-bond acceptors (Lipinski definition) is 6. The van der Waals surface area contributed by atoms with Crippen LogP contribution in [0, 0.1) is 0 Å². The van der Waals surface area contributed by atoms with E-state index in [-0.39, 0.29) is 6.61 Å². The number of aromatic nitrogens is 1. The van der Waals surface area contributed by atoms with Gasteiger partial charge in [0.15, 0.2) is 0 Å². The number of aliphatic hydroxyl groups excluding tert-OH is 1. The number of esters is 1. The number of ether oxygens (including phenoxy) is 2. The minimum absolute atomic E-state index is 0.369. The number of methoxy groups -OCH3 is 2. The molecule has 0 saturated carbocycles. The van der Waals surface area contributed by atoms with Crippen molar-refractivity contribution in [2.45, 2.75) is 6.04 Å². The van der Waals surface area contributed by atoms with E-state index in [4.69, 9.17) is 9.84 Å². The maximum absolute atomic E-state index is 11.2. The molecule has 0 aliphatic heterocycles. The zero-order valence-corrected chi connectivity index (χ0v) is 9.14. The van der Waals surface area contributed by atoms with Crippen molar-refractivity contribution in [3.05, 3.63) is 18.2 Å². The number of nitrogens with zero attached hydrogens (tertiary/aromatic N) is 1. The highest BCUT2D eigenvalue weighted by molar-refractivity contribution is 5.78. The number of nitrogens with one attached hydrogen (secondary N) is 1. The fourth-order valence-electron chi connectivity index (χ4n) is 1.11. The molecule has 1 atom stereocenters. The van der Waals surface area contributed by atoms with Crippen LogP contribution in [0.4, 0.5) is 5.82 Å². The van der Waals surface area contributed by atoms with E-state index in [1.54, 1.807) is 18.2 Å². The second-order valence-corrected chi connectivity index (χ2v) is 2.97. The predicted molar refractivity (Wildman–Crippen MR) is 57.3 cm³/mol. The molecule has 6 nitrogen and oxygen atoms in total. The van der Waals surface area contributed by atoms with Gasteiger partial charge in [-0.25, -0.2) is 4.79 Å². The fourth-order valence-corrected chi connectivity index (χ4v) is 1.11. The Bertz CT molecular complexity index is 356. The lowest BCUT2D eigenvalue weighted by atomic mass is 10.3.